The third kappa shape index (κ3) is 3.75. The van der Waals surface area contributed by atoms with Crippen LogP contribution in [0.5, 0.6) is 0 Å². The Balaban J connectivity index is 2.10. The lowest BCUT2D eigenvalue weighted by Crippen LogP contribution is -2.18. The summed E-state index contributed by atoms with van der Waals surface area (Å²) in [6.45, 7) is 4.01. The summed E-state index contributed by atoms with van der Waals surface area (Å²) >= 11 is 0. The molecule has 1 amide bonds. The minimum Gasteiger partial charge on any atom is -0.366 e. The number of hydrogen-bond acceptors (Lipinski definition) is 4. The minimum atomic E-state index is -0.851. The summed E-state index contributed by atoms with van der Waals surface area (Å²) in [5, 5.41) is 5.25. The van der Waals surface area contributed by atoms with Crippen LogP contribution in [0, 0.1) is 11.6 Å². The monoisotopic (exact) mass is 306 g/mol. The lowest BCUT2D eigenvalue weighted by atomic mass is 10.2. The van der Waals surface area contributed by atoms with Crippen LogP contribution >= 0.6 is 0 Å². The fraction of sp³-hybridized carbons (Fsp3) is 0.267. The normalized spacial score (nSPS) is 11.8. The Bertz CT molecular complexity index is 641. The molecule has 0 fully saturated rings. The molecule has 7 heteroatoms. The van der Waals surface area contributed by atoms with Crippen molar-refractivity contribution in [3.63, 3.8) is 0 Å². The van der Waals surface area contributed by atoms with Gasteiger partial charge in [0.2, 0.25) is 0 Å². The molecular weight excluding hydrogens is 290 g/mol. The molecule has 2 aromatic rings. The Hall–Kier alpha value is -2.57. The number of hydrogen-bond donors (Lipinski definition) is 2. The molecule has 0 aliphatic rings. The quantitative estimate of drug-likeness (QED) is 0.890. The first kappa shape index (κ1) is 15.8. The minimum absolute atomic E-state index is 0.0302. The largest absolute Gasteiger partial charge is 0.366 e. The van der Waals surface area contributed by atoms with Crippen molar-refractivity contribution in [2.45, 2.75) is 26.3 Å². The smallest absolute Gasteiger partial charge is 0.276 e. The SMILES string of the molecule is CCC(C)Nc1cnc(C(=O)Nc2c(F)cccc2F)cn1. The van der Waals surface area contributed by atoms with Crippen LogP contribution in [0.25, 0.3) is 0 Å². The second kappa shape index (κ2) is 6.93. The number of rotatable bonds is 5. The maximum absolute atomic E-state index is 13.5. The van der Waals surface area contributed by atoms with Crippen molar-refractivity contribution in [3.8, 4) is 0 Å². The van der Waals surface area contributed by atoms with Crippen molar-refractivity contribution >= 4 is 17.4 Å². The number of nitrogens with one attached hydrogen (secondary N) is 2. The third-order valence-electron chi connectivity index (χ3n) is 3.09. The Labute approximate surface area is 126 Å². The average Bonchev–Trinajstić information content (AvgIpc) is 2.51. The van der Waals surface area contributed by atoms with E-state index in [2.05, 4.69) is 20.6 Å². The van der Waals surface area contributed by atoms with E-state index in [1.807, 2.05) is 13.8 Å². The summed E-state index contributed by atoms with van der Waals surface area (Å²) in [5.41, 5.74) is -0.534. The molecule has 1 unspecified atom stereocenters. The highest BCUT2D eigenvalue weighted by atomic mass is 19.1. The zero-order valence-electron chi connectivity index (χ0n) is 12.2. The van der Waals surface area contributed by atoms with Gasteiger partial charge in [0.1, 0.15) is 28.8 Å². The predicted molar refractivity (Wildman–Crippen MR) is 79.7 cm³/mol. The van der Waals surface area contributed by atoms with Gasteiger partial charge >= 0.3 is 0 Å². The van der Waals surface area contributed by atoms with E-state index in [1.54, 1.807) is 0 Å². The number of halogens is 2. The Morgan fingerprint density at radius 3 is 2.45 bits per heavy atom. The van der Waals surface area contributed by atoms with Crippen LogP contribution in [-0.2, 0) is 0 Å². The van der Waals surface area contributed by atoms with Crippen molar-refractivity contribution in [2.75, 3.05) is 10.6 Å². The molecule has 0 bridgehead atoms. The average molecular weight is 306 g/mol. The molecule has 0 saturated heterocycles. The van der Waals surface area contributed by atoms with Crippen LogP contribution in [-0.4, -0.2) is 21.9 Å². The summed E-state index contributed by atoms with van der Waals surface area (Å²) < 4.78 is 26.9. The first-order valence-corrected chi connectivity index (χ1v) is 6.85. The Kier molecular flexibility index (Phi) is 4.98. The molecule has 22 heavy (non-hydrogen) atoms. The van der Waals surface area contributed by atoms with Gasteiger partial charge in [0.25, 0.3) is 5.91 Å². The number of amides is 1. The van der Waals surface area contributed by atoms with Gasteiger partial charge in [-0.1, -0.05) is 13.0 Å². The zero-order valence-corrected chi connectivity index (χ0v) is 12.2. The van der Waals surface area contributed by atoms with Crippen LogP contribution in [0.2, 0.25) is 0 Å². The number of aromatic nitrogens is 2. The topological polar surface area (TPSA) is 66.9 Å². The molecule has 1 heterocycles. The number of carbonyl (C=O) groups excluding carboxylic acids is 1. The zero-order chi connectivity index (χ0) is 16.1. The highest BCUT2D eigenvalue weighted by molar-refractivity contribution is 6.02. The maximum atomic E-state index is 13.5. The van der Waals surface area contributed by atoms with E-state index >= 15 is 0 Å². The van der Waals surface area contributed by atoms with Gasteiger partial charge in [-0.25, -0.2) is 18.7 Å². The van der Waals surface area contributed by atoms with Gasteiger partial charge in [0.05, 0.1) is 12.4 Å². The highest BCUT2D eigenvalue weighted by Crippen LogP contribution is 2.18. The van der Waals surface area contributed by atoms with E-state index < -0.39 is 23.2 Å². The van der Waals surface area contributed by atoms with Gasteiger partial charge in [-0.2, -0.15) is 0 Å². The van der Waals surface area contributed by atoms with E-state index in [0.29, 0.717) is 5.82 Å². The first-order valence-electron chi connectivity index (χ1n) is 6.85. The molecule has 0 aliphatic carbocycles. The number of nitrogens with zero attached hydrogens (tertiary/aromatic N) is 2. The number of benzene rings is 1. The van der Waals surface area contributed by atoms with Gasteiger partial charge in [-0.15, -0.1) is 0 Å². The molecule has 2 N–H and O–H groups in total. The molecule has 1 atom stereocenters. The van der Waals surface area contributed by atoms with Gasteiger partial charge in [-0.05, 0) is 25.5 Å². The number of para-hydroxylation sites is 1. The molecule has 0 radical (unpaired) electrons. The van der Waals surface area contributed by atoms with E-state index in [-0.39, 0.29) is 11.7 Å². The summed E-state index contributed by atoms with van der Waals surface area (Å²) in [5.74, 6) is -1.90. The van der Waals surface area contributed by atoms with Crippen molar-refractivity contribution < 1.29 is 13.6 Å². The highest BCUT2D eigenvalue weighted by Gasteiger charge is 2.14. The van der Waals surface area contributed by atoms with Gasteiger partial charge in [0, 0.05) is 6.04 Å². The van der Waals surface area contributed by atoms with Crippen molar-refractivity contribution in [1.82, 2.24) is 9.97 Å². The molecule has 5 nitrogen and oxygen atoms in total. The van der Waals surface area contributed by atoms with Crippen LogP contribution in [0.4, 0.5) is 20.3 Å². The van der Waals surface area contributed by atoms with Crippen LogP contribution in [0.3, 0.4) is 0 Å². The predicted octanol–water partition coefficient (Wildman–Crippen LogP) is 3.22. The molecule has 0 spiro atoms. The second-order valence-electron chi connectivity index (χ2n) is 4.79. The van der Waals surface area contributed by atoms with Gasteiger partial charge < -0.3 is 10.6 Å². The summed E-state index contributed by atoms with van der Waals surface area (Å²) in [6, 6.07) is 3.56. The van der Waals surface area contributed by atoms with Crippen molar-refractivity contribution in [1.29, 1.82) is 0 Å². The maximum Gasteiger partial charge on any atom is 0.276 e. The second-order valence-corrected chi connectivity index (χ2v) is 4.79. The van der Waals surface area contributed by atoms with Gasteiger partial charge in [-0.3, -0.25) is 4.79 Å². The fourth-order valence-electron chi connectivity index (χ4n) is 1.67. The lowest BCUT2D eigenvalue weighted by Gasteiger charge is -2.11. The summed E-state index contributed by atoms with van der Waals surface area (Å²) in [7, 11) is 0. The Morgan fingerprint density at radius 1 is 1.23 bits per heavy atom. The molecule has 0 saturated carbocycles. The molecule has 116 valence electrons. The molecule has 2 rings (SSSR count). The van der Waals surface area contributed by atoms with E-state index in [1.165, 1.54) is 18.5 Å². The van der Waals surface area contributed by atoms with E-state index in [4.69, 9.17) is 0 Å². The van der Waals surface area contributed by atoms with Crippen LogP contribution < -0.4 is 10.6 Å². The van der Waals surface area contributed by atoms with E-state index in [0.717, 1.165) is 18.6 Å². The standard InChI is InChI=1S/C15H16F2N4O/c1-3-9(2)20-13-8-18-12(7-19-13)15(22)21-14-10(16)5-4-6-11(14)17/h4-9H,3H2,1-2H3,(H,19,20)(H,21,22). The molecule has 1 aromatic carbocycles. The van der Waals surface area contributed by atoms with Gasteiger partial charge in [0.15, 0.2) is 0 Å². The van der Waals surface area contributed by atoms with Crippen molar-refractivity contribution in [2.24, 2.45) is 0 Å². The number of carbonyl (C=O) groups is 1. The number of anilines is 2. The Morgan fingerprint density at radius 2 is 1.91 bits per heavy atom. The van der Waals surface area contributed by atoms with Crippen LogP contribution in [0.1, 0.15) is 30.8 Å². The molecule has 1 aromatic heterocycles. The first-order chi connectivity index (χ1) is 10.5. The molecular formula is C15H16F2N4O. The summed E-state index contributed by atoms with van der Waals surface area (Å²) in [6.07, 6.45) is 3.56. The van der Waals surface area contributed by atoms with Crippen LogP contribution in [0.15, 0.2) is 30.6 Å². The third-order valence-corrected chi connectivity index (χ3v) is 3.09. The fourth-order valence-corrected chi connectivity index (χ4v) is 1.67. The summed E-state index contributed by atoms with van der Waals surface area (Å²) in [4.78, 5) is 19.9. The molecule has 0 aliphatic heterocycles. The van der Waals surface area contributed by atoms with Crippen molar-refractivity contribution in [3.05, 3.63) is 47.9 Å². The van der Waals surface area contributed by atoms with E-state index in [9.17, 15) is 13.6 Å². The lowest BCUT2D eigenvalue weighted by molar-refractivity contribution is 0.102.